The van der Waals surface area contributed by atoms with Crippen molar-refractivity contribution in [3.8, 4) is 5.75 Å². The van der Waals surface area contributed by atoms with E-state index in [-0.39, 0.29) is 6.10 Å². The Morgan fingerprint density at radius 3 is 2.35 bits per heavy atom. The van der Waals surface area contributed by atoms with Crippen LogP contribution in [0.15, 0.2) is 24.3 Å². The lowest BCUT2D eigenvalue weighted by atomic mass is 10.2. The highest BCUT2D eigenvalue weighted by atomic mass is 16.5. The highest BCUT2D eigenvalue weighted by Gasteiger charge is 2.16. The van der Waals surface area contributed by atoms with Crippen molar-refractivity contribution in [2.24, 2.45) is 0 Å². The van der Waals surface area contributed by atoms with Crippen molar-refractivity contribution in [1.82, 2.24) is 4.90 Å². The third-order valence-corrected chi connectivity index (χ3v) is 3.91. The first kappa shape index (κ1) is 15.1. The van der Waals surface area contributed by atoms with Gasteiger partial charge in [0.25, 0.3) is 0 Å². The van der Waals surface area contributed by atoms with Gasteiger partial charge in [-0.2, -0.15) is 0 Å². The summed E-state index contributed by atoms with van der Waals surface area (Å²) >= 11 is 0. The van der Waals surface area contributed by atoms with E-state index in [4.69, 9.17) is 4.74 Å². The second-order valence-electron chi connectivity index (χ2n) is 5.52. The quantitative estimate of drug-likeness (QED) is 0.863. The Kier molecular flexibility index (Phi) is 5.68. The Labute approximate surface area is 122 Å². The maximum atomic E-state index is 9.28. The van der Waals surface area contributed by atoms with Gasteiger partial charge in [-0.05, 0) is 50.6 Å². The van der Waals surface area contributed by atoms with Crippen LogP contribution in [-0.2, 0) is 0 Å². The number of hydrogen-bond donors (Lipinski definition) is 1. The molecule has 1 N–H and O–H groups in total. The van der Waals surface area contributed by atoms with E-state index < -0.39 is 0 Å². The standard InChI is InChI=1S/C16H26N2O2/c1-14(19)4-3-9-17-10-12-18(13-11-17)15-5-7-16(20-2)8-6-15/h5-8,14,19H,3-4,9-13H2,1-2H3. The van der Waals surface area contributed by atoms with Crippen LogP contribution < -0.4 is 9.64 Å². The molecular weight excluding hydrogens is 252 g/mol. The highest BCUT2D eigenvalue weighted by molar-refractivity contribution is 5.49. The summed E-state index contributed by atoms with van der Waals surface area (Å²) in [6.07, 6.45) is 1.81. The van der Waals surface area contributed by atoms with Gasteiger partial charge in [-0.25, -0.2) is 0 Å². The summed E-state index contributed by atoms with van der Waals surface area (Å²) in [5.74, 6) is 0.908. The SMILES string of the molecule is COc1ccc(N2CCN(CCCC(C)O)CC2)cc1. The van der Waals surface area contributed by atoms with Crippen LogP contribution >= 0.6 is 0 Å². The first-order valence-electron chi connectivity index (χ1n) is 7.48. The van der Waals surface area contributed by atoms with Crippen LogP contribution in [0.25, 0.3) is 0 Å². The molecule has 20 heavy (non-hydrogen) atoms. The summed E-state index contributed by atoms with van der Waals surface area (Å²) in [6, 6.07) is 8.29. The first-order chi connectivity index (χ1) is 9.69. The van der Waals surface area contributed by atoms with Crippen LogP contribution in [0.2, 0.25) is 0 Å². The fourth-order valence-electron chi connectivity index (χ4n) is 2.63. The number of methoxy groups -OCH3 is 1. The lowest BCUT2D eigenvalue weighted by Crippen LogP contribution is -2.46. The normalized spacial score (nSPS) is 18.1. The number of aliphatic hydroxyl groups excluding tert-OH is 1. The second-order valence-corrected chi connectivity index (χ2v) is 5.52. The van der Waals surface area contributed by atoms with Crippen LogP contribution in [-0.4, -0.2) is 55.9 Å². The lowest BCUT2D eigenvalue weighted by molar-refractivity contribution is 0.169. The minimum atomic E-state index is -0.171. The van der Waals surface area contributed by atoms with Crippen LogP contribution in [0.3, 0.4) is 0 Å². The second kappa shape index (κ2) is 7.50. The summed E-state index contributed by atoms with van der Waals surface area (Å²) in [4.78, 5) is 4.91. The molecule has 0 radical (unpaired) electrons. The Morgan fingerprint density at radius 1 is 1.15 bits per heavy atom. The smallest absolute Gasteiger partial charge is 0.119 e. The number of benzene rings is 1. The molecular formula is C16H26N2O2. The van der Waals surface area contributed by atoms with Gasteiger partial charge in [-0.1, -0.05) is 0 Å². The van der Waals surface area contributed by atoms with E-state index in [0.717, 1.165) is 51.3 Å². The molecule has 112 valence electrons. The molecule has 1 saturated heterocycles. The van der Waals surface area contributed by atoms with E-state index in [1.54, 1.807) is 7.11 Å². The predicted molar refractivity (Wildman–Crippen MR) is 82.6 cm³/mol. The molecule has 1 atom stereocenters. The molecule has 1 aromatic carbocycles. The van der Waals surface area contributed by atoms with Gasteiger partial charge >= 0.3 is 0 Å². The Balaban J connectivity index is 1.75. The number of anilines is 1. The van der Waals surface area contributed by atoms with E-state index in [0.29, 0.717) is 0 Å². The largest absolute Gasteiger partial charge is 0.497 e. The maximum absolute atomic E-state index is 9.28. The molecule has 1 aliphatic heterocycles. The molecule has 1 fully saturated rings. The zero-order valence-corrected chi connectivity index (χ0v) is 12.6. The van der Waals surface area contributed by atoms with Crippen LogP contribution in [0, 0.1) is 0 Å². The molecule has 0 bridgehead atoms. The molecule has 1 aliphatic rings. The number of piperazine rings is 1. The Morgan fingerprint density at radius 2 is 1.80 bits per heavy atom. The van der Waals surface area contributed by atoms with Crippen LogP contribution in [0.1, 0.15) is 19.8 Å². The van der Waals surface area contributed by atoms with Gasteiger partial charge < -0.3 is 14.7 Å². The molecule has 2 rings (SSSR count). The molecule has 1 aromatic rings. The number of rotatable bonds is 6. The van der Waals surface area contributed by atoms with Gasteiger partial charge in [0.1, 0.15) is 5.75 Å². The third-order valence-electron chi connectivity index (χ3n) is 3.91. The minimum absolute atomic E-state index is 0.171. The molecule has 0 saturated carbocycles. The first-order valence-corrected chi connectivity index (χ1v) is 7.48. The number of hydrogen-bond acceptors (Lipinski definition) is 4. The summed E-state index contributed by atoms with van der Waals surface area (Å²) in [6.45, 7) is 7.31. The third kappa shape index (κ3) is 4.39. The van der Waals surface area contributed by atoms with Gasteiger partial charge in [0.05, 0.1) is 13.2 Å². The highest BCUT2D eigenvalue weighted by Crippen LogP contribution is 2.20. The number of nitrogens with zero attached hydrogens (tertiary/aromatic N) is 2. The fraction of sp³-hybridized carbons (Fsp3) is 0.625. The van der Waals surface area contributed by atoms with Gasteiger partial charge in [0.2, 0.25) is 0 Å². The monoisotopic (exact) mass is 278 g/mol. The number of ether oxygens (including phenoxy) is 1. The Bertz CT molecular complexity index is 384. The van der Waals surface area contributed by atoms with Crippen LogP contribution in [0.4, 0.5) is 5.69 Å². The van der Waals surface area contributed by atoms with Gasteiger partial charge in [0, 0.05) is 31.9 Å². The van der Waals surface area contributed by atoms with E-state index in [9.17, 15) is 5.11 Å². The van der Waals surface area contributed by atoms with Crippen molar-refractivity contribution in [3.05, 3.63) is 24.3 Å². The summed E-state index contributed by atoms with van der Waals surface area (Å²) in [7, 11) is 1.70. The van der Waals surface area contributed by atoms with Crippen molar-refractivity contribution < 1.29 is 9.84 Å². The zero-order chi connectivity index (χ0) is 14.4. The van der Waals surface area contributed by atoms with Crippen LogP contribution in [0.5, 0.6) is 5.75 Å². The molecule has 1 unspecified atom stereocenters. The van der Waals surface area contributed by atoms with E-state index in [2.05, 4.69) is 21.9 Å². The zero-order valence-electron chi connectivity index (χ0n) is 12.6. The molecule has 0 aromatic heterocycles. The lowest BCUT2D eigenvalue weighted by Gasteiger charge is -2.36. The average molecular weight is 278 g/mol. The summed E-state index contributed by atoms with van der Waals surface area (Å²) in [5, 5.41) is 9.28. The van der Waals surface area contributed by atoms with Crippen molar-refractivity contribution in [3.63, 3.8) is 0 Å². The van der Waals surface area contributed by atoms with Gasteiger partial charge in [-0.3, -0.25) is 4.90 Å². The molecule has 1 heterocycles. The predicted octanol–water partition coefficient (Wildman–Crippen LogP) is 1.98. The van der Waals surface area contributed by atoms with Gasteiger partial charge in [0.15, 0.2) is 0 Å². The van der Waals surface area contributed by atoms with Crippen molar-refractivity contribution >= 4 is 5.69 Å². The van der Waals surface area contributed by atoms with E-state index in [1.807, 2.05) is 19.1 Å². The molecule has 0 amide bonds. The minimum Gasteiger partial charge on any atom is -0.497 e. The topological polar surface area (TPSA) is 35.9 Å². The summed E-state index contributed by atoms with van der Waals surface area (Å²) in [5.41, 5.74) is 1.27. The van der Waals surface area contributed by atoms with E-state index >= 15 is 0 Å². The van der Waals surface area contributed by atoms with Crippen molar-refractivity contribution in [2.45, 2.75) is 25.9 Å². The van der Waals surface area contributed by atoms with Crippen molar-refractivity contribution in [1.29, 1.82) is 0 Å². The van der Waals surface area contributed by atoms with Gasteiger partial charge in [-0.15, -0.1) is 0 Å². The molecule has 4 heteroatoms. The Hall–Kier alpha value is -1.26. The average Bonchev–Trinajstić information content (AvgIpc) is 2.48. The van der Waals surface area contributed by atoms with E-state index in [1.165, 1.54) is 5.69 Å². The molecule has 0 spiro atoms. The van der Waals surface area contributed by atoms with Crippen molar-refractivity contribution in [2.75, 3.05) is 44.7 Å². The maximum Gasteiger partial charge on any atom is 0.119 e. The fourth-order valence-corrected chi connectivity index (χ4v) is 2.63. The number of aliphatic hydroxyl groups is 1. The summed E-state index contributed by atoms with van der Waals surface area (Å²) < 4.78 is 5.19. The molecule has 0 aliphatic carbocycles. The molecule has 4 nitrogen and oxygen atoms in total.